The number of morpholine rings is 1. The number of aromatic nitrogens is 2. The molecule has 2 aromatic carbocycles. The van der Waals surface area contributed by atoms with E-state index in [1.807, 2.05) is 54.9 Å². The van der Waals surface area contributed by atoms with Gasteiger partial charge in [0.2, 0.25) is 0 Å². The smallest absolute Gasteiger partial charge is 0.195 e. The predicted octanol–water partition coefficient (Wildman–Crippen LogP) is 6.44. The van der Waals surface area contributed by atoms with Crippen molar-refractivity contribution in [2.75, 3.05) is 31.2 Å². The van der Waals surface area contributed by atoms with Gasteiger partial charge in [0.05, 0.1) is 31.5 Å². The number of phenols is 1. The number of ether oxygens (including phenoxy) is 1. The minimum Gasteiger partial charge on any atom is -0.508 e. The van der Waals surface area contributed by atoms with Crippen LogP contribution >= 0.6 is 0 Å². The summed E-state index contributed by atoms with van der Waals surface area (Å²) in [6.07, 6.45) is 12.8. The molecule has 7 rings (SSSR count). The Morgan fingerprint density at radius 3 is 2.70 bits per heavy atom. The van der Waals surface area contributed by atoms with Crippen molar-refractivity contribution in [3.63, 3.8) is 0 Å². The van der Waals surface area contributed by atoms with Crippen molar-refractivity contribution in [3.8, 4) is 16.9 Å². The van der Waals surface area contributed by atoms with Crippen LogP contribution in [0, 0.1) is 5.92 Å². The number of rotatable bonds is 8. The summed E-state index contributed by atoms with van der Waals surface area (Å²) in [7, 11) is 0. The number of anilines is 1. The van der Waals surface area contributed by atoms with Gasteiger partial charge in [-0.05, 0) is 96.3 Å². The number of alkyl halides is 1. The second-order valence-electron chi connectivity index (χ2n) is 12.1. The molecule has 1 aliphatic carbocycles. The highest BCUT2D eigenvalue weighted by Gasteiger charge is 2.27. The zero-order valence-electron chi connectivity index (χ0n) is 25.0. The van der Waals surface area contributed by atoms with Crippen LogP contribution in [0.5, 0.6) is 5.75 Å². The lowest BCUT2D eigenvalue weighted by atomic mass is 9.81. The van der Waals surface area contributed by atoms with E-state index in [0.717, 1.165) is 98.8 Å². The van der Waals surface area contributed by atoms with Gasteiger partial charge in [-0.2, -0.15) is 0 Å². The topological polar surface area (TPSA) is 65.3 Å². The van der Waals surface area contributed by atoms with Crippen molar-refractivity contribution >= 4 is 11.2 Å². The van der Waals surface area contributed by atoms with Crippen LogP contribution in [-0.4, -0.2) is 58.0 Å². The average Bonchev–Trinajstić information content (AvgIpc) is 3.48. The number of aromatic hydroxyl groups is 1. The fourth-order valence-electron chi connectivity index (χ4n) is 6.84. The van der Waals surface area contributed by atoms with Crippen LogP contribution in [0.1, 0.15) is 37.1 Å². The van der Waals surface area contributed by atoms with Gasteiger partial charge in [-0.15, -0.1) is 0 Å². The number of fused-ring (bicyclic) bond motifs is 1. The van der Waals surface area contributed by atoms with Crippen LogP contribution in [0.3, 0.4) is 0 Å². The standard InChI is InChI=1S/C36H40FN5O2/c37-35-14-9-28(26-7-10-30(11-8-26)38-23-36-39-22-32-5-1-2-15-41(32)36)25-42(35)31-6-3-4-27(20-31)34-13-12-33(43)21-29(34)24-40-16-18-44-19-17-40/h1-6,9,12-15,20-22,25-26,30,35,38,43H,7-8,10-11,16-19,23-24H2. The van der Waals surface area contributed by atoms with E-state index in [0.29, 0.717) is 12.0 Å². The number of hydrogen-bond acceptors (Lipinski definition) is 6. The van der Waals surface area contributed by atoms with E-state index in [2.05, 4.69) is 44.0 Å². The molecule has 228 valence electrons. The third-order valence-electron chi connectivity index (χ3n) is 9.31. The summed E-state index contributed by atoms with van der Waals surface area (Å²) in [5.41, 5.74) is 6.25. The maximum absolute atomic E-state index is 15.4. The van der Waals surface area contributed by atoms with Gasteiger partial charge >= 0.3 is 0 Å². The van der Waals surface area contributed by atoms with Crippen molar-refractivity contribution in [2.45, 2.75) is 51.1 Å². The fraction of sp³-hybridized carbons (Fsp3) is 0.361. The number of phenolic OH excluding ortho intramolecular Hbond substituents is 1. The van der Waals surface area contributed by atoms with E-state index in [9.17, 15) is 5.11 Å². The number of pyridine rings is 1. The van der Waals surface area contributed by atoms with Crippen LogP contribution < -0.4 is 10.2 Å². The molecule has 2 aliphatic heterocycles. The number of imidazole rings is 1. The second-order valence-corrected chi connectivity index (χ2v) is 12.1. The van der Waals surface area contributed by atoms with Crippen LogP contribution in [0.25, 0.3) is 16.6 Å². The first kappa shape index (κ1) is 28.8. The van der Waals surface area contributed by atoms with Crippen LogP contribution in [0.15, 0.2) is 97.0 Å². The van der Waals surface area contributed by atoms with Crippen molar-refractivity contribution < 1.29 is 14.2 Å². The molecule has 0 spiro atoms. The zero-order chi connectivity index (χ0) is 29.9. The lowest BCUT2D eigenvalue weighted by Crippen LogP contribution is -2.35. The molecule has 1 saturated heterocycles. The summed E-state index contributed by atoms with van der Waals surface area (Å²) in [6.45, 7) is 4.66. The SMILES string of the molecule is Oc1ccc(-c2cccc(N3C=C(C4CCC(NCc5ncc6ccccn56)CC4)C=CC3F)c2)c(CN2CCOCC2)c1. The highest BCUT2D eigenvalue weighted by atomic mass is 19.1. The Balaban J connectivity index is 1.03. The van der Waals surface area contributed by atoms with Gasteiger partial charge in [0, 0.05) is 43.8 Å². The van der Waals surface area contributed by atoms with Gasteiger partial charge in [-0.3, -0.25) is 4.90 Å². The Hall–Kier alpha value is -3.98. The average molecular weight is 594 g/mol. The van der Waals surface area contributed by atoms with E-state index in [-0.39, 0.29) is 5.75 Å². The van der Waals surface area contributed by atoms with Gasteiger partial charge in [0.25, 0.3) is 0 Å². The third-order valence-corrected chi connectivity index (χ3v) is 9.31. The van der Waals surface area contributed by atoms with E-state index in [1.165, 1.54) is 5.57 Å². The molecule has 1 unspecified atom stereocenters. The molecule has 4 heterocycles. The van der Waals surface area contributed by atoms with E-state index in [4.69, 9.17) is 4.74 Å². The number of benzene rings is 2. The van der Waals surface area contributed by atoms with Gasteiger partial charge in [0.1, 0.15) is 11.6 Å². The molecule has 1 atom stereocenters. The third kappa shape index (κ3) is 6.29. The summed E-state index contributed by atoms with van der Waals surface area (Å²) in [5, 5.41) is 14.0. The van der Waals surface area contributed by atoms with Gasteiger partial charge in [-0.1, -0.05) is 30.3 Å². The molecule has 0 bridgehead atoms. The summed E-state index contributed by atoms with van der Waals surface area (Å²) in [6, 6.07) is 20.2. The number of hydrogen-bond donors (Lipinski definition) is 2. The predicted molar refractivity (Wildman–Crippen MR) is 172 cm³/mol. The molecule has 7 nitrogen and oxygen atoms in total. The molecule has 1 saturated carbocycles. The molecule has 0 radical (unpaired) electrons. The van der Waals surface area contributed by atoms with Crippen molar-refractivity contribution in [3.05, 3.63) is 108 Å². The van der Waals surface area contributed by atoms with Crippen molar-refractivity contribution in [2.24, 2.45) is 5.92 Å². The summed E-state index contributed by atoms with van der Waals surface area (Å²) in [5.74, 6) is 1.70. The van der Waals surface area contributed by atoms with E-state index >= 15 is 4.39 Å². The Morgan fingerprint density at radius 1 is 0.977 bits per heavy atom. The maximum atomic E-state index is 15.4. The maximum Gasteiger partial charge on any atom is 0.195 e. The number of allylic oxidation sites excluding steroid dienone is 2. The molecule has 2 fully saturated rings. The van der Waals surface area contributed by atoms with Crippen LogP contribution in [0.2, 0.25) is 0 Å². The second kappa shape index (κ2) is 12.9. The number of nitrogens with zero attached hydrogens (tertiary/aromatic N) is 4. The quantitative estimate of drug-likeness (QED) is 0.229. The minimum absolute atomic E-state index is 0.255. The summed E-state index contributed by atoms with van der Waals surface area (Å²) < 4.78 is 23.0. The molecule has 44 heavy (non-hydrogen) atoms. The summed E-state index contributed by atoms with van der Waals surface area (Å²) in [4.78, 5) is 8.70. The molecular formula is C36H40FN5O2. The fourth-order valence-corrected chi connectivity index (χ4v) is 6.84. The lowest BCUT2D eigenvalue weighted by Gasteiger charge is -2.33. The van der Waals surface area contributed by atoms with Gasteiger partial charge < -0.3 is 24.5 Å². The Kier molecular flexibility index (Phi) is 8.46. The van der Waals surface area contributed by atoms with E-state index < -0.39 is 6.30 Å². The molecule has 2 N–H and O–H groups in total. The monoisotopic (exact) mass is 593 g/mol. The largest absolute Gasteiger partial charge is 0.508 e. The Bertz CT molecular complexity index is 1650. The van der Waals surface area contributed by atoms with Crippen LogP contribution in [-0.2, 0) is 17.8 Å². The molecule has 3 aliphatic rings. The van der Waals surface area contributed by atoms with E-state index in [1.54, 1.807) is 17.0 Å². The molecule has 0 amide bonds. The number of nitrogens with one attached hydrogen (secondary N) is 1. The van der Waals surface area contributed by atoms with Crippen molar-refractivity contribution in [1.29, 1.82) is 0 Å². The molecule has 8 heteroatoms. The first-order valence-corrected chi connectivity index (χ1v) is 15.8. The summed E-state index contributed by atoms with van der Waals surface area (Å²) >= 11 is 0. The zero-order valence-corrected chi connectivity index (χ0v) is 25.0. The van der Waals surface area contributed by atoms with Crippen LogP contribution in [0.4, 0.5) is 10.1 Å². The van der Waals surface area contributed by atoms with Gasteiger partial charge in [0.15, 0.2) is 6.30 Å². The normalized spacial score (nSPS) is 22.8. The van der Waals surface area contributed by atoms with Gasteiger partial charge in [-0.25, -0.2) is 9.37 Å². The Morgan fingerprint density at radius 2 is 1.84 bits per heavy atom. The first-order chi connectivity index (χ1) is 21.6. The molecular weight excluding hydrogens is 553 g/mol. The highest BCUT2D eigenvalue weighted by Crippen LogP contribution is 2.36. The minimum atomic E-state index is -1.22. The highest BCUT2D eigenvalue weighted by molar-refractivity contribution is 5.73. The first-order valence-electron chi connectivity index (χ1n) is 15.8. The Labute approximate surface area is 258 Å². The molecule has 4 aromatic rings. The molecule has 2 aromatic heterocycles. The lowest BCUT2D eigenvalue weighted by molar-refractivity contribution is 0.0342. The number of halogens is 1. The van der Waals surface area contributed by atoms with Crippen molar-refractivity contribution in [1.82, 2.24) is 19.6 Å².